The van der Waals surface area contributed by atoms with Crippen molar-refractivity contribution in [1.29, 1.82) is 0 Å². The van der Waals surface area contributed by atoms with Gasteiger partial charge in [0.1, 0.15) is 0 Å². The van der Waals surface area contributed by atoms with E-state index < -0.39 is 0 Å². The van der Waals surface area contributed by atoms with Crippen LogP contribution in [0.25, 0.3) is 0 Å². The van der Waals surface area contributed by atoms with Gasteiger partial charge in [0.25, 0.3) is 0 Å². The van der Waals surface area contributed by atoms with Crippen LogP contribution in [0.4, 0.5) is 0 Å². The van der Waals surface area contributed by atoms with Crippen molar-refractivity contribution in [1.82, 2.24) is 10.2 Å². The van der Waals surface area contributed by atoms with E-state index in [1.165, 1.54) is 24.1 Å². The fourth-order valence-corrected chi connectivity index (χ4v) is 4.12. The topological polar surface area (TPSA) is 32.3 Å². The quantitative estimate of drug-likeness (QED) is 0.902. The van der Waals surface area contributed by atoms with Crippen LogP contribution >= 0.6 is 11.3 Å². The lowest BCUT2D eigenvalue weighted by atomic mass is 10.1. The highest BCUT2D eigenvalue weighted by Crippen LogP contribution is 2.35. The zero-order chi connectivity index (χ0) is 13.1. The summed E-state index contributed by atoms with van der Waals surface area (Å²) in [6.45, 7) is 1.92. The molecule has 1 N–H and O–H groups in total. The van der Waals surface area contributed by atoms with Gasteiger partial charge < -0.3 is 10.2 Å². The fraction of sp³-hybridized carbons (Fsp3) is 0.667. The molecule has 0 radical (unpaired) electrons. The molecule has 0 saturated carbocycles. The first kappa shape index (κ1) is 13.1. The smallest absolute Gasteiger partial charge is 0.240 e. The van der Waals surface area contributed by atoms with Gasteiger partial charge in [-0.25, -0.2) is 0 Å². The van der Waals surface area contributed by atoms with Crippen LogP contribution in [0.3, 0.4) is 0 Å². The van der Waals surface area contributed by atoms with Crippen LogP contribution in [0.5, 0.6) is 0 Å². The minimum Gasteiger partial charge on any atom is -0.333 e. The van der Waals surface area contributed by atoms with Gasteiger partial charge in [-0.15, -0.1) is 11.3 Å². The van der Waals surface area contributed by atoms with Crippen molar-refractivity contribution >= 4 is 17.2 Å². The Hall–Kier alpha value is -0.870. The molecular formula is C15H22N2OS. The van der Waals surface area contributed by atoms with E-state index in [1.54, 1.807) is 11.3 Å². The Balaban J connectivity index is 1.71. The Morgan fingerprint density at radius 2 is 2.21 bits per heavy atom. The summed E-state index contributed by atoms with van der Waals surface area (Å²) in [5, 5.41) is 5.55. The van der Waals surface area contributed by atoms with Gasteiger partial charge in [0.2, 0.25) is 5.91 Å². The number of likely N-dealkylation sites (tertiary alicyclic amines) is 1. The van der Waals surface area contributed by atoms with E-state index in [9.17, 15) is 4.79 Å². The standard InChI is InChI=1S/C15H22N2OS/c18-15(12-6-2-1-3-9-16-12)17-10-4-7-13(17)14-8-5-11-19-14/h5,8,11-13,16H,1-4,6-7,9-10H2. The van der Waals surface area contributed by atoms with Gasteiger partial charge in [-0.2, -0.15) is 0 Å². The largest absolute Gasteiger partial charge is 0.333 e. The predicted octanol–water partition coefficient (Wildman–Crippen LogP) is 2.94. The number of thiophene rings is 1. The van der Waals surface area contributed by atoms with Gasteiger partial charge in [-0.05, 0) is 43.7 Å². The number of rotatable bonds is 2. The highest BCUT2D eigenvalue weighted by Gasteiger charge is 2.34. The Morgan fingerprint density at radius 3 is 3.05 bits per heavy atom. The fourth-order valence-electron chi connectivity index (χ4n) is 3.25. The van der Waals surface area contributed by atoms with Gasteiger partial charge >= 0.3 is 0 Å². The summed E-state index contributed by atoms with van der Waals surface area (Å²) in [6, 6.07) is 4.65. The number of hydrogen-bond donors (Lipinski definition) is 1. The Morgan fingerprint density at radius 1 is 1.26 bits per heavy atom. The van der Waals surface area contributed by atoms with E-state index in [1.807, 2.05) is 0 Å². The first-order valence-electron chi connectivity index (χ1n) is 7.43. The van der Waals surface area contributed by atoms with E-state index in [4.69, 9.17) is 0 Å². The summed E-state index contributed by atoms with van der Waals surface area (Å²) in [7, 11) is 0. The molecule has 4 heteroatoms. The summed E-state index contributed by atoms with van der Waals surface area (Å²) in [6.07, 6.45) is 6.91. The minimum atomic E-state index is 0.0584. The Labute approximate surface area is 119 Å². The zero-order valence-corrected chi connectivity index (χ0v) is 12.1. The third-order valence-corrected chi connectivity index (χ3v) is 5.24. The van der Waals surface area contributed by atoms with Crippen molar-refractivity contribution in [3.05, 3.63) is 22.4 Å². The molecule has 19 heavy (non-hydrogen) atoms. The maximum Gasteiger partial charge on any atom is 0.240 e. The van der Waals surface area contributed by atoms with Crippen LogP contribution in [-0.4, -0.2) is 29.9 Å². The second-order valence-electron chi connectivity index (χ2n) is 5.56. The lowest BCUT2D eigenvalue weighted by Crippen LogP contribution is -2.45. The lowest BCUT2D eigenvalue weighted by molar-refractivity contribution is -0.134. The highest BCUT2D eigenvalue weighted by atomic mass is 32.1. The molecule has 3 nitrogen and oxygen atoms in total. The van der Waals surface area contributed by atoms with Crippen molar-refractivity contribution in [2.75, 3.05) is 13.1 Å². The molecule has 2 unspecified atom stereocenters. The van der Waals surface area contributed by atoms with Crippen molar-refractivity contribution in [3.63, 3.8) is 0 Å². The van der Waals surface area contributed by atoms with Crippen LogP contribution in [0.2, 0.25) is 0 Å². The average Bonchev–Trinajstić information content (AvgIpc) is 3.03. The molecule has 2 aliphatic rings. The molecule has 2 atom stereocenters. The predicted molar refractivity (Wildman–Crippen MR) is 78.3 cm³/mol. The molecule has 0 aliphatic carbocycles. The van der Waals surface area contributed by atoms with E-state index in [0.717, 1.165) is 32.4 Å². The van der Waals surface area contributed by atoms with Gasteiger partial charge in [0.05, 0.1) is 12.1 Å². The molecule has 104 valence electrons. The Kier molecular flexibility index (Phi) is 4.18. The molecular weight excluding hydrogens is 256 g/mol. The lowest BCUT2D eigenvalue weighted by Gasteiger charge is -2.28. The van der Waals surface area contributed by atoms with E-state index >= 15 is 0 Å². The van der Waals surface area contributed by atoms with Crippen LogP contribution < -0.4 is 5.32 Å². The zero-order valence-electron chi connectivity index (χ0n) is 11.3. The summed E-state index contributed by atoms with van der Waals surface area (Å²) < 4.78 is 0. The third kappa shape index (κ3) is 2.84. The summed E-state index contributed by atoms with van der Waals surface area (Å²) in [5.74, 6) is 0.331. The van der Waals surface area contributed by atoms with Gasteiger partial charge in [-0.1, -0.05) is 18.9 Å². The molecule has 1 amide bonds. The van der Waals surface area contributed by atoms with Crippen LogP contribution in [0.15, 0.2) is 17.5 Å². The molecule has 2 aliphatic heterocycles. The number of carbonyl (C=O) groups is 1. The molecule has 0 spiro atoms. The van der Waals surface area contributed by atoms with Crippen molar-refractivity contribution in [2.24, 2.45) is 0 Å². The molecule has 1 aromatic heterocycles. The minimum absolute atomic E-state index is 0.0584. The maximum atomic E-state index is 12.7. The van der Waals surface area contributed by atoms with E-state index in [-0.39, 0.29) is 6.04 Å². The maximum absolute atomic E-state index is 12.7. The van der Waals surface area contributed by atoms with Gasteiger partial charge in [0.15, 0.2) is 0 Å². The SMILES string of the molecule is O=C(C1CCCCCN1)N1CCCC1c1cccs1. The first-order valence-corrected chi connectivity index (χ1v) is 8.31. The molecule has 3 rings (SSSR count). The molecule has 2 saturated heterocycles. The molecule has 1 aromatic rings. The number of carbonyl (C=O) groups excluding carboxylic acids is 1. The van der Waals surface area contributed by atoms with Crippen molar-refractivity contribution < 1.29 is 4.79 Å². The van der Waals surface area contributed by atoms with Crippen molar-refractivity contribution in [3.8, 4) is 0 Å². The number of amides is 1. The second-order valence-corrected chi connectivity index (χ2v) is 6.54. The number of nitrogens with one attached hydrogen (secondary N) is 1. The molecule has 0 aromatic carbocycles. The molecule has 3 heterocycles. The first-order chi connectivity index (χ1) is 9.36. The van der Waals surface area contributed by atoms with E-state index in [2.05, 4.69) is 27.7 Å². The van der Waals surface area contributed by atoms with Gasteiger partial charge in [0, 0.05) is 11.4 Å². The van der Waals surface area contributed by atoms with Crippen LogP contribution in [0.1, 0.15) is 49.4 Å². The summed E-state index contributed by atoms with van der Waals surface area (Å²) >= 11 is 1.78. The summed E-state index contributed by atoms with van der Waals surface area (Å²) in [5.41, 5.74) is 0. The van der Waals surface area contributed by atoms with Crippen molar-refractivity contribution in [2.45, 2.75) is 50.6 Å². The molecule has 2 fully saturated rings. The molecule has 0 bridgehead atoms. The van der Waals surface area contributed by atoms with Crippen LogP contribution in [-0.2, 0) is 4.79 Å². The van der Waals surface area contributed by atoms with E-state index in [0.29, 0.717) is 11.9 Å². The number of nitrogens with zero attached hydrogens (tertiary/aromatic N) is 1. The normalized spacial score (nSPS) is 28.3. The van der Waals surface area contributed by atoms with Gasteiger partial charge in [-0.3, -0.25) is 4.79 Å². The second kappa shape index (κ2) is 6.06. The average molecular weight is 278 g/mol. The Bertz CT molecular complexity index is 410. The summed E-state index contributed by atoms with van der Waals surface area (Å²) in [4.78, 5) is 16.2. The third-order valence-electron chi connectivity index (χ3n) is 4.27. The van der Waals surface area contributed by atoms with Crippen LogP contribution in [0, 0.1) is 0 Å². The highest BCUT2D eigenvalue weighted by molar-refractivity contribution is 7.10. The number of hydrogen-bond acceptors (Lipinski definition) is 3. The monoisotopic (exact) mass is 278 g/mol.